The Kier molecular flexibility index (Phi) is 4.49. The van der Waals surface area contributed by atoms with E-state index in [1.165, 1.54) is 11.6 Å². The highest BCUT2D eigenvalue weighted by Gasteiger charge is 2.21. The van der Waals surface area contributed by atoms with E-state index in [-0.39, 0.29) is 12.4 Å². The summed E-state index contributed by atoms with van der Waals surface area (Å²) in [5.41, 5.74) is 4.46. The quantitative estimate of drug-likeness (QED) is 0.878. The normalized spacial score (nSPS) is 17.2. The van der Waals surface area contributed by atoms with Crippen molar-refractivity contribution in [3.05, 3.63) is 59.4 Å². The van der Waals surface area contributed by atoms with Gasteiger partial charge in [0, 0.05) is 5.56 Å². The summed E-state index contributed by atoms with van der Waals surface area (Å²) in [5, 5.41) is 9.46. The molecular formula is C20H21FO2. The third-order valence-electron chi connectivity index (χ3n) is 4.54. The maximum Gasteiger partial charge on any atom is 0.131 e. The molecule has 0 amide bonds. The van der Waals surface area contributed by atoms with E-state index in [1.54, 1.807) is 19.2 Å². The maximum atomic E-state index is 14.4. The lowest BCUT2D eigenvalue weighted by molar-refractivity contribution is 0.282. The standard InChI is InChI=1S/C20H21FO2/c1-13-4-3-5-16(13)18-10-14(12-22)6-8-17(18)19-11-15(23-2)7-9-20(19)21/h5-11,13,22H,3-4,12H2,1-2H3/t13-/m1/s1. The van der Waals surface area contributed by atoms with Gasteiger partial charge in [0.25, 0.3) is 0 Å². The molecular weight excluding hydrogens is 291 g/mol. The molecule has 120 valence electrons. The minimum Gasteiger partial charge on any atom is -0.497 e. The Morgan fingerprint density at radius 2 is 1.96 bits per heavy atom. The van der Waals surface area contributed by atoms with Gasteiger partial charge in [-0.05, 0) is 65.3 Å². The van der Waals surface area contributed by atoms with Crippen LogP contribution in [0.1, 0.15) is 30.9 Å². The van der Waals surface area contributed by atoms with Gasteiger partial charge < -0.3 is 9.84 Å². The first kappa shape index (κ1) is 15.8. The van der Waals surface area contributed by atoms with Gasteiger partial charge in [0.1, 0.15) is 11.6 Å². The second-order valence-electron chi connectivity index (χ2n) is 6.02. The van der Waals surface area contributed by atoms with Crippen LogP contribution in [0.3, 0.4) is 0 Å². The lowest BCUT2D eigenvalue weighted by atomic mass is 9.88. The van der Waals surface area contributed by atoms with Gasteiger partial charge in [-0.15, -0.1) is 0 Å². The number of hydrogen-bond acceptors (Lipinski definition) is 2. The van der Waals surface area contributed by atoms with E-state index in [2.05, 4.69) is 13.0 Å². The van der Waals surface area contributed by atoms with Crippen molar-refractivity contribution in [3.8, 4) is 16.9 Å². The van der Waals surface area contributed by atoms with Gasteiger partial charge in [0.15, 0.2) is 0 Å². The predicted molar refractivity (Wildman–Crippen MR) is 90.7 cm³/mol. The molecule has 0 spiro atoms. The molecule has 23 heavy (non-hydrogen) atoms. The Morgan fingerprint density at radius 3 is 2.61 bits per heavy atom. The van der Waals surface area contributed by atoms with Gasteiger partial charge >= 0.3 is 0 Å². The zero-order valence-electron chi connectivity index (χ0n) is 13.5. The number of hydrogen-bond donors (Lipinski definition) is 1. The largest absolute Gasteiger partial charge is 0.497 e. The van der Waals surface area contributed by atoms with E-state index in [9.17, 15) is 9.50 Å². The molecule has 0 saturated heterocycles. The summed E-state index contributed by atoms with van der Waals surface area (Å²) in [4.78, 5) is 0. The van der Waals surface area contributed by atoms with E-state index < -0.39 is 0 Å². The second kappa shape index (κ2) is 6.55. The molecule has 3 heteroatoms. The SMILES string of the molecule is COc1ccc(F)c(-c2ccc(CO)cc2C2=CCC[C@H]2C)c1. The lowest BCUT2D eigenvalue weighted by Gasteiger charge is -2.17. The van der Waals surface area contributed by atoms with Gasteiger partial charge in [0.2, 0.25) is 0 Å². The first-order chi connectivity index (χ1) is 11.1. The monoisotopic (exact) mass is 312 g/mol. The van der Waals surface area contributed by atoms with Gasteiger partial charge in [-0.3, -0.25) is 0 Å². The molecule has 1 aliphatic rings. The van der Waals surface area contributed by atoms with Crippen LogP contribution in [-0.4, -0.2) is 12.2 Å². The van der Waals surface area contributed by atoms with Crippen LogP contribution >= 0.6 is 0 Å². The van der Waals surface area contributed by atoms with Crippen LogP contribution in [0.15, 0.2) is 42.5 Å². The molecule has 1 aliphatic carbocycles. The molecule has 2 nitrogen and oxygen atoms in total. The lowest BCUT2D eigenvalue weighted by Crippen LogP contribution is -1.99. The number of benzene rings is 2. The smallest absolute Gasteiger partial charge is 0.131 e. The van der Waals surface area contributed by atoms with E-state index >= 15 is 0 Å². The first-order valence-electron chi connectivity index (χ1n) is 7.92. The third kappa shape index (κ3) is 3.02. The molecule has 0 aliphatic heterocycles. The molecule has 1 N–H and O–H groups in total. The minimum atomic E-state index is -0.268. The molecule has 3 rings (SSSR count). The first-order valence-corrected chi connectivity index (χ1v) is 7.92. The van der Waals surface area contributed by atoms with Crippen LogP contribution < -0.4 is 4.74 Å². The number of rotatable bonds is 4. The van der Waals surface area contributed by atoms with Crippen molar-refractivity contribution in [1.29, 1.82) is 0 Å². The number of ether oxygens (including phenoxy) is 1. The number of aliphatic hydroxyl groups excluding tert-OH is 1. The van der Waals surface area contributed by atoms with Crippen LogP contribution in [0.5, 0.6) is 5.75 Å². The van der Waals surface area contributed by atoms with Crippen molar-refractivity contribution >= 4 is 5.57 Å². The van der Waals surface area contributed by atoms with Crippen molar-refractivity contribution in [2.24, 2.45) is 5.92 Å². The topological polar surface area (TPSA) is 29.5 Å². The minimum absolute atomic E-state index is 0.0183. The van der Waals surface area contributed by atoms with E-state index in [0.717, 1.165) is 29.5 Å². The van der Waals surface area contributed by atoms with E-state index in [4.69, 9.17) is 4.74 Å². The molecule has 1 atom stereocenters. The van der Waals surface area contributed by atoms with Crippen LogP contribution in [0.4, 0.5) is 4.39 Å². The van der Waals surface area contributed by atoms with Gasteiger partial charge in [-0.25, -0.2) is 4.39 Å². The molecule has 0 unspecified atom stereocenters. The van der Waals surface area contributed by atoms with Crippen molar-refractivity contribution in [2.75, 3.05) is 7.11 Å². The number of halogens is 1. The molecule has 0 aromatic heterocycles. The highest BCUT2D eigenvalue weighted by atomic mass is 19.1. The summed E-state index contributed by atoms with van der Waals surface area (Å²) in [5.74, 6) is 0.804. The molecule has 0 saturated carbocycles. The Bertz CT molecular complexity index is 749. The second-order valence-corrected chi connectivity index (χ2v) is 6.02. The molecule has 2 aromatic carbocycles. The van der Waals surface area contributed by atoms with E-state index in [1.807, 2.05) is 18.2 Å². The fourth-order valence-electron chi connectivity index (χ4n) is 3.22. The highest BCUT2D eigenvalue weighted by molar-refractivity contribution is 5.84. The van der Waals surface area contributed by atoms with E-state index in [0.29, 0.717) is 17.2 Å². The third-order valence-corrected chi connectivity index (χ3v) is 4.54. The fraction of sp³-hybridized carbons (Fsp3) is 0.300. The van der Waals surface area contributed by atoms with Crippen LogP contribution in [0, 0.1) is 11.7 Å². The number of methoxy groups -OCH3 is 1. The molecule has 2 aromatic rings. The average Bonchev–Trinajstić information content (AvgIpc) is 3.01. The summed E-state index contributed by atoms with van der Waals surface area (Å²) in [6.07, 6.45) is 4.38. The zero-order chi connectivity index (χ0) is 16.4. The zero-order valence-corrected chi connectivity index (χ0v) is 13.5. The molecule has 0 bridgehead atoms. The number of aliphatic hydroxyl groups is 1. The van der Waals surface area contributed by atoms with Crippen molar-refractivity contribution in [1.82, 2.24) is 0 Å². The van der Waals surface area contributed by atoms with Gasteiger partial charge in [-0.1, -0.05) is 25.1 Å². The maximum absolute atomic E-state index is 14.4. The van der Waals surface area contributed by atoms with Gasteiger partial charge in [-0.2, -0.15) is 0 Å². The summed E-state index contributed by atoms with van der Waals surface area (Å²) >= 11 is 0. The van der Waals surface area contributed by atoms with Crippen LogP contribution in [0.25, 0.3) is 16.7 Å². The van der Waals surface area contributed by atoms with Crippen LogP contribution in [-0.2, 0) is 6.61 Å². The molecule has 0 radical (unpaired) electrons. The summed E-state index contributed by atoms with van der Waals surface area (Å²) < 4.78 is 19.7. The van der Waals surface area contributed by atoms with Crippen LogP contribution in [0.2, 0.25) is 0 Å². The molecule has 0 fully saturated rings. The average molecular weight is 312 g/mol. The summed E-state index contributed by atoms with van der Waals surface area (Å²) in [6.45, 7) is 2.17. The van der Waals surface area contributed by atoms with Crippen molar-refractivity contribution < 1.29 is 14.2 Å². The summed E-state index contributed by atoms with van der Waals surface area (Å²) in [6, 6.07) is 10.5. The fourth-order valence-corrected chi connectivity index (χ4v) is 3.22. The van der Waals surface area contributed by atoms with Crippen molar-refractivity contribution in [3.63, 3.8) is 0 Å². The Hall–Kier alpha value is -2.13. The Balaban J connectivity index is 2.19. The van der Waals surface area contributed by atoms with Gasteiger partial charge in [0.05, 0.1) is 13.7 Å². The van der Waals surface area contributed by atoms with Crippen molar-refractivity contribution in [2.45, 2.75) is 26.4 Å². The predicted octanol–water partition coefficient (Wildman–Crippen LogP) is 4.81. The Morgan fingerprint density at radius 1 is 1.13 bits per heavy atom. The summed E-state index contributed by atoms with van der Waals surface area (Å²) in [7, 11) is 1.58. The number of allylic oxidation sites excluding steroid dienone is 2. The molecule has 0 heterocycles. The highest BCUT2D eigenvalue weighted by Crippen LogP contribution is 2.40. The Labute approximate surface area is 136 Å².